The van der Waals surface area contributed by atoms with Gasteiger partial charge < -0.3 is 20.3 Å². The van der Waals surface area contributed by atoms with E-state index in [1.807, 2.05) is 22.8 Å². The summed E-state index contributed by atoms with van der Waals surface area (Å²) < 4.78 is 1.98. The summed E-state index contributed by atoms with van der Waals surface area (Å²) >= 11 is 6.56. The lowest BCUT2D eigenvalue weighted by Crippen LogP contribution is -2.62. The number of halogens is 1. The van der Waals surface area contributed by atoms with Crippen molar-refractivity contribution in [1.29, 1.82) is 0 Å². The number of aryl methyl sites for hydroxylation is 1. The van der Waals surface area contributed by atoms with Gasteiger partial charge in [-0.25, -0.2) is 0 Å². The molecule has 6 rings (SSSR count). The Hall–Kier alpha value is -3.88. The van der Waals surface area contributed by atoms with Crippen molar-refractivity contribution in [2.45, 2.75) is 70.6 Å². The summed E-state index contributed by atoms with van der Waals surface area (Å²) in [5.74, 6) is -1.01. The molecule has 3 aromatic carbocycles. The number of imide groups is 1. The number of phenolic OH excluding ortho intramolecular Hbond substituents is 1. The minimum atomic E-state index is -0.500. The molecule has 3 amide bonds. The van der Waals surface area contributed by atoms with E-state index >= 15 is 0 Å². The molecule has 2 aliphatic rings. The molecule has 0 atom stereocenters. The zero-order valence-electron chi connectivity index (χ0n) is 23.5. The molecule has 212 valence electrons. The SMILES string of the molecule is CC1(C)CC(NC(=O)CCn2c3ccc(O)cc3c3c4c(c(-c5ccccc5Cl)cc32)C(=O)NC4=O)CC(C)(C)N1. The molecule has 1 fully saturated rings. The molecule has 0 saturated carbocycles. The number of hydrogen-bond donors (Lipinski definition) is 4. The first-order chi connectivity index (χ1) is 19.3. The van der Waals surface area contributed by atoms with Crippen LogP contribution in [0.15, 0.2) is 48.5 Å². The second-order valence-electron chi connectivity index (χ2n) is 12.5. The van der Waals surface area contributed by atoms with Crippen LogP contribution in [0.3, 0.4) is 0 Å². The average molecular weight is 573 g/mol. The van der Waals surface area contributed by atoms with Gasteiger partial charge in [-0.05, 0) is 76.4 Å². The number of aromatic hydroxyl groups is 1. The molecular formula is C32H33ClN4O4. The number of piperidine rings is 1. The van der Waals surface area contributed by atoms with Crippen LogP contribution in [0.2, 0.25) is 5.02 Å². The van der Waals surface area contributed by atoms with Gasteiger partial charge in [-0.1, -0.05) is 29.8 Å². The van der Waals surface area contributed by atoms with E-state index in [4.69, 9.17) is 11.6 Å². The van der Waals surface area contributed by atoms with Crippen molar-refractivity contribution >= 4 is 51.1 Å². The maximum absolute atomic E-state index is 13.3. The first-order valence-corrected chi connectivity index (χ1v) is 14.2. The van der Waals surface area contributed by atoms with Crippen LogP contribution >= 0.6 is 11.6 Å². The summed E-state index contributed by atoms with van der Waals surface area (Å²) in [4.78, 5) is 39.5. The summed E-state index contributed by atoms with van der Waals surface area (Å²) in [6.07, 6.45) is 1.87. The molecule has 41 heavy (non-hydrogen) atoms. The van der Waals surface area contributed by atoms with Crippen molar-refractivity contribution in [3.05, 3.63) is 64.7 Å². The minimum absolute atomic E-state index is 0.0408. The number of fused-ring (bicyclic) bond motifs is 5. The molecular weight excluding hydrogens is 540 g/mol. The zero-order chi connectivity index (χ0) is 29.3. The van der Waals surface area contributed by atoms with Crippen molar-refractivity contribution in [2.75, 3.05) is 0 Å². The Kier molecular flexibility index (Phi) is 6.39. The average Bonchev–Trinajstić information content (AvgIpc) is 3.33. The monoisotopic (exact) mass is 572 g/mol. The van der Waals surface area contributed by atoms with E-state index in [1.54, 1.807) is 30.3 Å². The Morgan fingerprint density at radius 1 is 0.976 bits per heavy atom. The van der Waals surface area contributed by atoms with E-state index < -0.39 is 11.8 Å². The molecule has 0 bridgehead atoms. The van der Waals surface area contributed by atoms with Crippen molar-refractivity contribution < 1.29 is 19.5 Å². The van der Waals surface area contributed by atoms with Gasteiger partial charge >= 0.3 is 0 Å². The molecule has 0 aliphatic carbocycles. The van der Waals surface area contributed by atoms with Crippen LogP contribution in [-0.2, 0) is 11.3 Å². The molecule has 1 aromatic heterocycles. The number of rotatable bonds is 5. The van der Waals surface area contributed by atoms with Crippen molar-refractivity contribution in [3.63, 3.8) is 0 Å². The zero-order valence-corrected chi connectivity index (χ0v) is 24.3. The van der Waals surface area contributed by atoms with Crippen LogP contribution < -0.4 is 16.0 Å². The third-order valence-electron chi connectivity index (χ3n) is 8.10. The molecule has 8 nitrogen and oxygen atoms in total. The highest BCUT2D eigenvalue weighted by Crippen LogP contribution is 2.42. The fraction of sp³-hybridized carbons (Fsp3) is 0.344. The minimum Gasteiger partial charge on any atom is -0.508 e. The predicted octanol–water partition coefficient (Wildman–Crippen LogP) is 5.52. The lowest BCUT2D eigenvalue weighted by atomic mass is 9.79. The predicted molar refractivity (Wildman–Crippen MR) is 160 cm³/mol. The molecule has 4 aromatic rings. The Bertz CT molecular complexity index is 1750. The van der Waals surface area contributed by atoms with E-state index in [0.717, 1.165) is 18.4 Å². The maximum atomic E-state index is 13.3. The Morgan fingerprint density at radius 2 is 1.66 bits per heavy atom. The molecule has 0 unspecified atom stereocenters. The molecule has 1 saturated heterocycles. The van der Waals surface area contributed by atoms with Gasteiger partial charge in [0.05, 0.1) is 16.6 Å². The Balaban J connectivity index is 1.44. The second kappa shape index (κ2) is 9.60. The topological polar surface area (TPSA) is 112 Å². The first-order valence-electron chi connectivity index (χ1n) is 13.8. The summed E-state index contributed by atoms with van der Waals surface area (Å²) in [6, 6.07) is 14.0. The summed E-state index contributed by atoms with van der Waals surface area (Å²) in [5.41, 5.74) is 2.92. The van der Waals surface area contributed by atoms with Gasteiger partial charge in [0.1, 0.15) is 5.75 Å². The number of carbonyl (C=O) groups is 3. The number of phenols is 1. The van der Waals surface area contributed by atoms with E-state index in [2.05, 4.69) is 43.6 Å². The van der Waals surface area contributed by atoms with E-state index in [0.29, 0.717) is 39.0 Å². The smallest absolute Gasteiger partial charge is 0.259 e. The molecule has 9 heteroatoms. The van der Waals surface area contributed by atoms with Crippen LogP contribution in [-0.4, -0.2) is 44.5 Å². The lowest BCUT2D eigenvalue weighted by molar-refractivity contribution is -0.122. The Labute approximate surface area is 243 Å². The number of benzene rings is 3. The molecule has 4 N–H and O–H groups in total. The van der Waals surface area contributed by atoms with Crippen LogP contribution in [0.5, 0.6) is 5.75 Å². The van der Waals surface area contributed by atoms with Crippen LogP contribution in [0, 0.1) is 0 Å². The van der Waals surface area contributed by atoms with Gasteiger partial charge in [-0.2, -0.15) is 0 Å². The normalized spacial score (nSPS) is 18.1. The fourth-order valence-corrected chi connectivity index (χ4v) is 7.24. The standard InChI is InChI=1S/C32H33ClN4O4/c1-31(2)15-17(16-32(3,4)36-31)34-25(39)11-12-37-23-10-9-18(38)13-21(23)26-24(37)14-20(19-7-5-6-8-22(19)33)27-28(26)30(41)35-29(27)40/h5-10,13-14,17,36,38H,11-12,15-16H2,1-4H3,(H,34,39)(H,35,40,41). The quantitative estimate of drug-likeness (QED) is 0.235. The van der Waals surface area contributed by atoms with Crippen LogP contribution in [0.1, 0.15) is 67.7 Å². The number of carbonyl (C=O) groups excluding carboxylic acids is 3. The third kappa shape index (κ3) is 4.85. The van der Waals surface area contributed by atoms with Crippen molar-refractivity contribution in [2.24, 2.45) is 0 Å². The molecule has 3 heterocycles. The van der Waals surface area contributed by atoms with Crippen LogP contribution in [0.4, 0.5) is 0 Å². The fourth-order valence-electron chi connectivity index (χ4n) is 7.01. The third-order valence-corrected chi connectivity index (χ3v) is 8.43. The highest BCUT2D eigenvalue weighted by molar-refractivity contribution is 6.36. The van der Waals surface area contributed by atoms with E-state index in [1.165, 1.54) is 0 Å². The summed E-state index contributed by atoms with van der Waals surface area (Å²) in [6.45, 7) is 8.94. The van der Waals surface area contributed by atoms with Gasteiger partial charge in [-0.3, -0.25) is 19.7 Å². The van der Waals surface area contributed by atoms with Crippen LogP contribution in [0.25, 0.3) is 32.9 Å². The highest BCUT2D eigenvalue weighted by atomic mass is 35.5. The molecule has 0 radical (unpaired) electrons. The van der Waals surface area contributed by atoms with Crippen molar-refractivity contribution in [3.8, 4) is 16.9 Å². The second-order valence-corrected chi connectivity index (χ2v) is 12.9. The number of nitrogens with one attached hydrogen (secondary N) is 3. The number of nitrogens with zero attached hydrogens (tertiary/aromatic N) is 1. The van der Waals surface area contributed by atoms with Gasteiger partial charge in [0.25, 0.3) is 11.8 Å². The number of amides is 3. The lowest BCUT2D eigenvalue weighted by Gasteiger charge is -2.46. The van der Waals surface area contributed by atoms with Gasteiger partial charge in [0, 0.05) is 57.0 Å². The van der Waals surface area contributed by atoms with E-state index in [-0.39, 0.29) is 46.3 Å². The largest absolute Gasteiger partial charge is 0.508 e. The maximum Gasteiger partial charge on any atom is 0.259 e. The Morgan fingerprint density at radius 3 is 2.37 bits per heavy atom. The summed E-state index contributed by atoms with van der Waals surface area (Å²) in [5, 5.41) is 21.3. The van der Waals surface area contributed by atoms with Gasteiger partial charge in [0.15, 0.2) is 0 Å². The first kappa shape index (κ1) is 27.3. The van der Waals surface area contributed by atoms with Gasteiger partial charge in [-0.15, -0.1) is 0 Å². The van der Waals surface area contributed by atoms with Crippen molar-refractivity contribution in [1.82, 2.24) is 20.5 Å². The number of hydrogen-bond acceptors (Lipinski definition) is 5. The summed E-state index contributed by atoms with van der Waals surface area (Å²) in [7, 11) is 0. The number of aromatic nitrogens is 1. The molecule has 2 aliphatic heterocycles. The highest BCUT2D eigenvalue weighted by Gasteiger charge is 2.38. The van der Waals surface area contributed by atoms with E-state index in [9.17, 15) is 19.5 Å². The van der Waals surface area contributed by atoms with Gasteiger partial charge in [0.2, 0.25) is 5.91 Å². The molecule has 0 spiro atoms.